The van der Waals surface area contributed by atoms with Crippen LogP contribution < -0.4 is 0 Å². The van der Waals surface area contributed by atoms with Crippen molar-refractivity contribution in [1.29, 1.82) is 0 Å². The molecular weight excluding hydrogens is 194 g/mol. The normalized spacial score (nSPS) is 12.9. The molecule has 0 fully saturated rings. The predicted molar refractivity (Wildman–Crippen MR) is 53.8 cm³/mol. The molecule has 0 aliphatic rings. The van der Waals surface area contributed by atoms with Gasteiger partial charge < -0.3 is 5.11 Å². The lowest BCUT2D eigenvalue weighted by molar-refractivity contribution is -0.138. The Balaban J connectivity index is 2.61. The molecule has 0 bridgehead atoms. The van der Waals surface area contributed by atoms with Gasteiger partial charge in [-0.05, 0) is 26.0 Å². The number of carboxylic acids is 1. The van der Waals surface area contributed by atoms with E-state index in [9.17, 15) is 4.79 Å². The number of aryl methyl sites for hydroxylation is 1. The van der Waals surface area contributed by atoms with Crippen LogP contribution >= 0.6 is 0 Å². The summed E-state index contributed by atoms with van der Waals surface area (Å²) in [5.74, 6) is -0.800. The zero-order chi connectivity index (χ0) is 11.0. The SMILES string of the molecule is Cc1ncc2ccc(C(C)C(=O)O)n2n1. The molecule has 0 saturated heterocycles. The Hall–Kier alpha value is -1.91. The van der Waals surface area contributed by atoms with Gasteiger partial charge in [-0.25, -0.2) is 9.50 Å². The zero-order valence-corrected chi connectivity index (χ0v) is 8.51. The first-order valence-corrected chi connectivity index (χ1v) is 4.63. The second-order valence-electron chi connectivity index (χ2n) is 3.46. The molecule has 0 aromatic carbocycles. The molecule has 2 heterocycles. The fourth-order valence-corrected chi connectivity index (χ4v) is 1.46. The van der Waals surface area contributed by atoms with E-state index in [1.54, 1.807) is 30.6 Å². The van der Waals surface area contributed by atoms with Crippen LogP contribution in [0.25, 0.3) is 5.52 Å². The number of hydrogen-bond donors (Lipinski definition) is 1. The molecule has 78 valence electrons. The van der Waals surface area contributed by atoms with Crippen LogP contribution in [0.4, 0.5) is 0 Å². The highest BCUT2D eigenvalue weighted by Gasteiger charge is 2.17. The highest BCUT2D eigenvalue weighted by molar-refractivity contribution is 5.75. The van der Waals surface area contributed by atoms with Gasteiger partial charge in [0.15, 0.2) is 0 Å². The molecule has 5 nitrogen and oxygen atoms in total. The second kappa shape index (κ2) is 3.34. The predicted octanol–water partition coefficient (Wildman–Crippen LogP) is 1.23. The quantitative estimate of drug-likeness (QED) is 0.800. The third-order valence-corrected chi connectivity index (χ3v) is 2.36. The summed E-state index contributed by atoms with van der Waals surface area (Å²) in [6, 6.07) is 3.58. The van der Waals surface area contributed by atoms with Crippen molar-refractivity contribution in [2.24, 2.45) is 0 Å². The first-order chi connectivity index (χ1) is 7.09. The average Bonchev–Trinajstić information content (AvgIpc) is 2.59. The van der Waals surface area contributed by atoms with Crippen LogP contribution in [-0.2, 0) is 4.79 Å². The van der Waals surface area contributed by atoms with Gasteiger partial charge in [0.25, 0.3) is 0 Å². The molecule has 2 aromatic heterocycles. The van der Waals surface area contributed by atoms with Gasteiger partial charge in [0.2, 0.25) is 0 Å². The van der Waals surface area contributed by atoms with Crippen LogP contribution in [0.5, 0.6) is 0 Å². The van der Waals surface area contributed by atoms with Crippen molar-refractivity contribution in [3.8, 4) is 0 Å². The number of aromatic nitrogens is 3. The Kier molecular flexibility index (Phi) is 2.15. The maximum atomic E-state index is 10.9. The van der Waals surface area contributed by atoms with Gasteiger partial charge in [-0.3, -0.25) is 4.79 Å². The highest BCUT2D eigenvalue weighted by atomic mass is 16.4. The lowest BCUT2D eigenvalue weighted by atomic mass is 10.1. The molecule has 15 heavy (non-hydrogen) atoms. The molecule has 1 N–H and O–H groups in total. The lowest BCUT2D eigenvalue weighted by Gasteiger charge is -2.06. The van der Waals surface area contributed by atoms with Crippen LogP contribution in [0, 0.1) is 6.92 Å². The van der Waals surface area contributed by atoms with Crippen molar-refractivity contribution in [2.45, 2.75) is 19.8 Å². The van der Waals surface area contributed by atoms with Crippen molar-refractivity contribution in [3.05, 3.63) is 29.8 Å². The Morgan fingerprint density at radius 2 is 2.27 bits per heavy atom. The van der Waals surface area contributed by atoms with Crippen molar-refractivity contribution < 1.29 is 9.90 Å². The summed E-state index contributed by atoms with van der Waals surface area (Å²) >= 11 is 0. The molecule has 2 aromatic rings. The molecular formula is C10H11N3O2. The minimum atomic E-state index is -0.855. The molecule has 0 radical (unpaired) electrons. The molecule has 0 amide bonds. The first-order valence-electron chi connectivity index (χ1n) is 4.63. The lowest BCUT2D eigenvalue weighted by Crippen LogP contribution is -2.11. The Bertz CT molecular complexity index is 518. The standard InChI is InChI=1S/C10H11N3O2/c1-6(10(14)15)9-4-3-8-5-11-7(2)12-13(8)9/h3-6H,1-2H3,(H,14,15). The highest BCUT2D eigenvalue weighted by Crippen LogP contribution is 2.17. The van der Waals surface area contributed by atoms with E-state index in [4.69, 9.17) is 5.11 Å². The van der Waals surface area contributed by atoms with Gasteiger partial charge in [-0.1, -0.05) is 0 Å². The third-order valence-electron chi connectivity index (χ3n) is 2.36. The van der Waals surface area contributed by atoms with E-state index in [-0.39, 0.29) is 0 Å². The van der Waals surface area contributed by atoms with Crippen LogP contribution in [-0.4, -0.2) is 25.7 Å². The summed E-state index contributed by atoms with van der Waals surface area (Å²) in [7, 11) is 0. The van der Waals surface area contributed by atoms with Gasteiger partial charge >= 0.3 is 5.97 Å². The molecule has 1 unspecified atom stereocenters. The van der Waals surface area contributed by atoms with Gasteiger partial charge in [0.05, 0.1) is 23.3 Å². The van der Waals surface area contributed by atoms with Crippen LogP contribution in [0.1, 0.15) is 24.4 Å². The number of rotatable bonds is 2. The Morgan fingerprint density at radius 1 is 1.53 bits per heavy atom. The van der Waals surface area contributed by atoms with Crippen LogP contribution in [0.2, 0.25) is 0 Å². The van der Waals surface area contributed by atoms with Gasteiger partial charge in [0, 0.05) is 0 Å². The molecule has 0 spiro atoms. The molecule has 0 aliphatic heterocycles. The fraction of sp³-hybridized carbons (Fsp3) is 0.300. The van der Waals surface area contributed by atoms with Gasteiger partial charge in [-0.15, -0.1) is 0 Å². The molecule has 2 rings (SSSR count). The van der Waals surface area contributed by atoms with Crippen molar-refractivity contribution in [3.63, 3.8) is 0 Å². The summed E-state index contributed by atoms with van der Waals surface area (Å²) in [4.78, 5) is 14.9. The molecule has 0 saturated carbocycles. The van der Waals surface area contributed by atoms with E-state index in [1.807, 2.05) is 6.07 Å². The fourth-order valence-electron chi connectivity index (χ4n) is 1.46. The summed E-state index contributed by atoms with van der Waals surface area (Å²) in [6.45, 7) is 3.41. The minimum Gasteiger partial charge on any atom is -0.481 e. The largest absolute Gasteiger partial charge is 0.481 e. The van der Waals surface area contributed by atoms with E-state index in [0.29, 0.717) is 11.5 Å². The number of fused-ring (bicyclic) bond motifs is 1. The molecule has 5 heteroatoms. The third kappa shape index (κ3) is 1.56. The monoisotopic (exact) mass is 205 g/mol. The summed E-state index contributed by atoms with van der Waals surface area (Å²) in [5, 5.41) is 13.1. The van der Waals surface area contributed by atoms with Crippen LogP contribution in [0.3, 0.4) is 0 Å². The smallest absolute Gasteiger partial charge is 0.312 e. The second-order valence-corrected chi connectivity index (χ2v) is 3.46. The number of nitrogens with zero attached hydrogens (tertiary/aromatic N) is 3. The number of hydrogen-bond acceptors (Lipinski definition) is 3. The van der Waals surface area contributed by atoms with Crippen molar-refractivity contribution in [2.75, 3.05) is 0 Å². The van der Waals surface area contributed by atoms with E-state index >= 15 is 0 Å². The Labute approximate surface area is 86.4 Å². The van der Waals surface area contributed by atoms with Gasteiger partial charge in [-0.2, -0.15) is 5.10 Å². The Morgan fingerprint density at radius 3 is 2.93 bits per heavy atom. The maximum Gasteiger partial charge on any atom is 0.312 e. The molecule has 1 atom stereocenters. The summed E-state index contributed by atoms with van der Waals surface area (Å²) in [6.07, 6.45) is 1.68. The summed E-state index contributed by atoms with van der Waals surface area (Å²) < 4.78 is 1.63. The van der Waals surface area contributed by atoms with E-state index in [0.717, 1.165) is 5.52 Å². The zero-order valence-electron chi connectivity index (χ0n) is 8.51. The summed E-state index contributed by atoms with van der Waals surface area (Å²) in [5.41, 5.74) is 1.48. The maximum absolute atomic E-state index is 10.9. The van der Waals surface area contributed by atoms with E-state index < -0.39 is 11.9 Å². The first kappa shape index (κ1) is 9.64. The van der Waals surface area contributed by atoms with E-state index in [1.165, 1.54) is 0 Å². The molecule has 0 aliphatic carbocycles. The van der Waals surface area contributed by atoms with E-state index in [2.05, 4.69) is 10.1 Å². The number of aliphatic carboxylic acids is 1. The van der Waals surface area contributed by atoms with Crippen molar-refractivity contribution in [1.82, 2.24) is 14.6 Å². The number of carbonyl (C=O) groups is 1. The van der Waals surface area contributed by atoms with Crippen LogP contribution in [0.15, 0.2) is 18.3 Å². The van der Waals surface area contributed by atoms with Crippen molar-refractivity contribution >= 4 is 11.5 Å². The number of carboxylic acid groups (broad SMARTS) is 1. The average molecular weight is 205 g/mol. The topological polar surface area (TPSA) is 67.5 Å². The van der Waals surface area contributed by atoms with Gasteiger partial charge in [0.1, 0.15) is 5.82 Å². The minimum absolute atomic E-state index is 0.568.